The second kappa shape index (κ2) is 2.69. The molecule has 2 aliphatic rings. The van der Waals surface area contributed by atoms with Gasteiger partial charge in [-0.1, -0.05) is 47.6 Å². The van der Waals surface area contributed by atoms with Crippen molar-refractivity contribution in [2.24, 2.45) is 0 Å². The highest BCUT2D eigenvalue weighted by Crippen LogP contribution is 2.52. The Morgan fingerprint density at radius 2 is 1.93 bits per heavy atom. The van der Waals surface area contributed by atoms with E-state index >= 15 is 0 Å². The van der Waals surface area contributed by atoms with Crippen LogP contribution in [0, 0.1) is 0 Å². The molecule has 1 saturated heterocycles. The fraction of sp³-hybridized carbons (Fsp3) is 0.231. The van der Waals surface area contributed by atoms with Crippen LogP contribution in [0.1, 0.15) is 16.4 Å². The van der Waals surface area contributed by atoms with Gasteiger partial charge in [0.25, 0.3) is 0 Å². The van der Waals surface area contributed by atoms with Crippen LogP contribution in [0.25, 0.3) is 10.8 Å². The number of hydrogen-bond acceptors (Lipinski definition) is 1. The summed E-state index contributed by atoms with van der Waals surface area (Å²) in [5.41, 5.74) is 3.04. The zero-order chi connectivity index (χ0) is 9.99. The van der Waals surface area contributed by atoms with Gasteiger partial charge in [-0.05, 0) is 28.3 Å². The summed E-state index contributed by atoms with van der Waals surface area (Å²) in [6.45, 7) is 0. The highest BCUT2D eigenvalue weighted by molar-refractivity contribution is 8.33. The van der Waals surface area contributed by atoms with Crippen molar-refractivity contribution in [3.8, 4) is 0 Å². The third-order valence-corrected chi connectivity index (χ3v) is 6.73. The highest BCUT2D eigenvalue weighted by Gasteiger charge is 2.47. The van der Waals surface area contributed by atoms with E-state index in [4.69, 9.17) is 11.2 Å². The van der Waals surface area contributed by atoms with Crippen molar-refractivity contribution >= 4 is 31.4 Å². The topological polar surface area (TPSA) is 0 Å². The van der Waals surface area contributed by atoms with Gasteiger partial charge in [-0.15, -0.1) is 9.45 Å². The number of rotatable bonds is 0. The van der Waals surface area contributed by atoms with E-state index in [1.165, 1.54) is 28.3 Å². The first-order chi connectivity index (χ1) is 7.36. The van der Waals surface area contributed by atoms with Crippen LogP contribution in [0.4, 0.5) is 0 Å². The van der Waals surface area contributed by atoms with E-state index in [1.54, 1.807) is 0 Å². The van der Waals surface area contributed by atoms with Gasteiger partial charge in [0.1, 0.15) is 0 Å². The molecule has 1 fully saturated rings. The van der Waals surface area contributed by atoms with Crippen LogP contribution in [0.3, 0.4) is 0 Å². The van der Waals surface area contributed by atoms with E-state index in [2.05, 4.69) is 36.4 Å². The second-order valence-corrected chi connectivity index (χ2v) is 7.28. The van der Waals surface area contributed by atoms with Crippen LogP contribution in [0.5, 0.6) is 0 Å². The number of fused-ring (bicyclic) bond motifs is 2. The Hall–Kier alpha value is -0.730. The molecule has 2 heteroatoms. The molecule has 4 rings (SSSR count). The lowest BCUT2D eigenvalue weighted by molar-refractivity contribution is 0.903. The molecule has 3 unspecified atom stereocenters. The summed E-state index contributed by atoms with van der Waals surface area (Å²) in [4.78, 5) is 0. The summed E-state index contributed by atoms with van der Waals surface area (Å²) in [7, 11) is 0.226. The van der Waals surface area contributed by atoms with Crippen LogP contribution < -0.4 is 0 Å². The molecular weight excluding hydrogens is 220 g/mol. The molecule has 3 atom stereocenters. The van der Waals surface area contributed by atoms with Crippen LogP contribution in [0.2, 0.25) is 0 Å². The molecule has 0 nitrogen and oxygen atoms in total. The number of benzene rings is 2. The van der Waals surface area contributed by atoms with Crippen molar-refractivity contribution in [1.82, 2.24) is 0 Å². The van der Waals surface area contributed by atoms with Gasteiger partial charge in [0.05, 0.1) is 0 Å². The van der Waals surface area contributed by atoms with Crippen molar-refractivity contribution in [2.45, 2.75) is 16.9 Å². The quantitative estimate of drug-likeness (QED) is 0.627. The van der Waals surface area contributed by atoms with Crippen molar-refractivity contribution in [3.05, 3.63) is 47.5 Å². The Kier molecular flexibility index (Phi) is 1.51. The van der Waals surface area contributed by atoms with Gasteiger partial charge in [0.2, 0.25) is 0 Å². The largest absolute Gasteiger partial charge is 0.108 e. The zero-order valence-electron chi connectivity index (χ0n) is 8.14. The first kappa shape index (κ1) is 8.43. The van der Waals surface area contributed by atoms with Gasteiger partial charge in [-0.25, -0.2) is 0 Å². The maximum atomic E-state index is 5.53. The first-order valence-corrected chi connectivity index (χ1v) is 7.54. The molecule has 15 heavy (non-hydrogen) atoms. The van der Waals surface area contributed by atoms with Crippen LogP contribution in [0.15, 0.2) is 36.4 Å². The van der Waals surface area contributed by atoms with E-state index in [1.807, 2.05) is 0 Å². The molecule has 74 valence electrons. The summed E-state index contributed by atoms with van der Waals surface area (Å²) >= 11 is 5.53. The van der Waals surface area contributed by atoms with Gasteiger partial charge in [0, 0.05) is 10.5 Å². The molecule has 0 amide bonds. The molecule has 0 aromatic heterocycles. The fourth-order valence-electron chi connectivity index (χ4n) is 2.82. The van der Waals surface area contributed by atoms with E-state index in [-0.39, 0.29) is 9.45 Å². The minimum absolute atomic E-state index is 0.226. The average molecular weight is 230 g/mol. The van der Waals surface area contributed by atoms with Crippen LogP contribution in [-0.4, -0.2) is 5.25 Å². The third-order valence-electron chi connectivity index (χ3n) is 3.56. The summed E-state index contributed by atoms with van der Waals surface area (Å²) in [6.07, 6.45) is 1.21. The molecule has 1 aliphatic heterocycles. The smallest absolute Gasteiger partial charge is 0.0478 e. The Labute approximate surface area is 95.9 Å². The lowest BCUT2D eigenvalue weighted by Gasteiger charge is -2.14. The molecule has 0 radical (unpaired) electrons. The van der Waals surface area contributed by atoms with Crippen molar-refractivity contribution in [3.63, 3.8) is 0 Å². The van der Waals surface area contributed by atoms with Crippen LogP contribution in [-0.2, 0) is 27.1 Å². The lowest BCUT2D eigenvalue weighted by Crippen LogP contribution is -2.03. The molecule has 1 aliphatic carbocycles. The third kappa shape index (κ3) is 0.990. The Morgan fingerprint density at radius 3 is 2.80 bits per heavy atom. The predicted octanol–water partition coefficient (Wildman–Crippen LogP) is 2.90. The van der Waals surface area contributed by atoms with E-state index in [0.29, 0.717) is 5.25 Å². The maximum absolute atomic E-state index is 5.53. The Balaban J connectivity index is 2.17. The summed E-state index contributed by atoms with van der Waals surface area (Å²) in [5, 5.41) is 4.38. The van der Waals surface area contributed by atoms with Gasteiger partial charge < -0.3 is 0 Å². The standard InChI is InChI=1S/C13H10S2/c14-15-11-7-9-5-1-3-8-4-2-6-10(12(8)9)13(11)15/h1-6,11,13H,7H2. The maximum Gasteiger partial charge on any atom is 0.0478 e. The van der Waals surface area contributed by atoms with Gasteiger partial charge in [-0.3, -0.25) is 0 Å². The first-order valence-electron chi connectivity index (χ1n) is 5.26. The van der Waals surface area contributed by atoms with Gasteiger partial charge >= 0.3 is 0 Å². The van der Waals surface area contributed by atoms with E-state index < -0.39 is 0 Å². The predicted molar refractivity (Wildman–Crippen MR) is 68.9 cm³/mol. The molecule has 0 bridgehead atoms. The highest BCUT2D eigenvalue weighted by atomic mass is 32.8. The SMILES string of the molecule is S=S1C2Cc3cccc4cccc(c34)C21. The monoisotopic (exact) mass is 230 g/mol. The summed E-state index contributed by atoms with van der Waals surface area (Å²) < 4.78 is 0. The molecule has 0 saturated carbocycles. The molecule has 0 spiro atoms. The minimum Gasteiger partial charge on any atom is -0.108 e. The van der Waals surface area contributed by atoms with E-state index in [0.717, 1.165) is 5.25 Å². The summed E-state index contributed by atoms with van der Waals surface area (Å²) in [5.74, 6) is 0. The molecule has 2 aromatic rings. The normalized spacial score (nSPS) is 31.3. The molecule has 0 N–H and O–H groups in total. The molecular formula is C13H10S2. The number of hydrogen-bond donors (Lipinski definition) is 0. The molecule has 1 heterocycles. The second-order valence-electron chi connectivity index (χ2n) is 4.35. The lowest BCUT2D eigenvalue weighted by atomic mass is 9.89. The van der Waals surface area contributed by atoms with Crippen molar-refractivity contribution < 1.29 is 0 Å². The van der Waals surface area contributed by atoms with E-state index in [9.17, 15) is 0 Å². The van der Waals surface area contributed by atoms with Gasteiger partial charge in [0.15, 0.2) is 0 Å². The zero-order valence-corrected chi connectivity index (χ0v) is 9.78. The molecule has 2 aromatic carbocycles. The van der Waals surface area contributed by atoms with Crippen molar-refractivity contribution in [1.29, 1.82) is 0 Å². The summed E-state index contributed by atoms with van der Waals surface area (Å²) in [6, 6.07) is 13.3. The van der Waals surface area contributed by atoms with Crippen molar-refractivity contribution in [2.75, 3.05) is 0 Å². The van der Waals surface area contributed by atoms with Crippen LogP contribution >= 0.6 is 0 Å². The van der Waals surface area contributed by atoms with Gasteiger partial charge in [-0.2, -0.15) is 0 Å². The Morgan fingerprint density at radius 1 is 1.13 bits per heavy atom. The average Bonchev–Trinajstić information content (AvgIpc) is 2.91. The Bertz CT molecular complexity index is 595. The minimum atomic E-state index is 0.226. The fourth-order valence-corrected chi connectivity index (χ4v) is 5.78.